The number of thiophene rings is 1. The molecule has 0 saturated carbocycles. The first-order valence-corrected chi connectivity index (χ1v) is 8.30. The van der Waals surface area contributed by atoms with Crippen LogP contribution in [0.3, 0.4) is 0 Å². The van der Waals surface area contributed by atoms with Crippen molar-refractivity contribution < 1.29 is 4.74 Å². The molecule has 110 valence electrons. The van der Waals surface area contributed by atoms with Gasteiger partial charge in [-0.25, -0.2) is 0 Å². The van der Waals surface area contributed by atoms with E-state index >= 15 is 0 Å². The fourth-order valence-electron chi connectivity index (χ4n) is 2.50. The van der Waals surface area contributed by atoms with E-state index in [0.717, 1.165) is 38.2 Å². The van der Waals surface area contributed by atoms with E-state index in [0.29, 0.717) is 12.6 Å². The second-order valence-corrected chi connectivity index (χ2v) is 6.13. The van der Waals surface area contributed by atoms with Gasteiger partial charge in [-0.1, -0.05) is 18.8 Å². The highest BCUT2D eigenvalue weighted by Crippen LogP contribution is 2.21. The van der Waals surface area contributed by atoms with Crippen LogP contribution in [0.15, 0.2) is 11.4 Å². The second kappa shape index (κ2) is 8.43. The lowest BCUT2D eigenvalue weighted by Gasteiger charge is -2.32. The number of nitrogens with two attached hydrogens (primary N) is 1. The second-order valence-electron chi connectivity index (χ2n) is 5.13. The summed E-state index contributed by atoms with van der Waals surface area (Å²) in [6.45, 7) is 6.65. The number of hydrogen-bond donors (Lipinski definition) is 1. The maximum absolute atomic E-state index is 5.89. The molecule has 4 heteroatoms. The lowest BCUT2D eigenvalue weighted by atomic mass is 10.1. The SMILES string of the molecule is CCCOC1CCCN(Cc2sccc2C#CCN)C1. The molecule has 0 aromatic carbocycles. The molecule has 1 aliphatic rings. The Hall–Kier alpha value is -0.860. The molecule has 2 rings (SSSR count). The van der Waals surface area contributed by atoms with Crippen LogP contribution in [0.25, 0.3) is 0 Å². The van der Waals surface area contributed by atoms with Crippen molar-refractivity contribution >= 4 is 11.3 Å². The molecule has 1 saturated heterocycles. The third-order valence-corrected chi connectivity index (χ3v) is 4.36. The molecule has 1 atom stereocenters. The van der Waals surface area contributed by atoms with Crippen molar-refractivity contribution in [2.45, 2.75) is 38.8 Å². The lowest BCUT2D eigenvalue weighted by Crippen LogP contribution is -2.39. The van der Waals surface area contributed by atoms with Crippen molar-refractivity contribution in [1.29, 1.82) is 0 Å². The van der Waals surface area contributed by atoms with E-state index in [1.807, 2.05) is 0 Å². The molecular weight excluding hydrogens is 268 g/mol. The predicted octanol–water partition coefficient (Wildman–Crippen LogP) is 2.45. The summed E-state index contributed by atoms with van der Waals surface area (Å²) in [6, 6.07) is 2.09. The average molecular weight is 292 g/mol. The fraction of sp³-hybridized carbons (Fsp3) is 0.625. The van der Waals surface area contributed by atoms with Gasteiger partial charge in [-0.15, -0.1) is 11.3 Å². The van der Waals surface area contributed by atoms with Crippen LogP contribution in [-0.4, -0.2) is 37.2 Å². The minimum absolute atomic E-state index is 0.405. The molecule has 1 aromatic heterocycles. The first kappa shape index (κ1) is 15.5. The maximum Gasteiger partial charge on any atom is 0.0702 e. The topological polar surface area (TPSA) is 38.5 Å². The average Bonchev–Trinajstić information content (AvgIpc) is 2.90. The monoisotopic (exact) mass is 292 g/mol. The molecule has 3 nitrogen and oxygen atoms in total. The summed E-state index contributed by atoms with van der Waals surface area (Å²) in [5, 5.41) is 2.12. The minimum atomic E-state index is 0.405. The van der Waals surface area contributed by atoms with Crippen molar-refractivity contribution in [3.05, 3.63) is 21.9 Å². The first-order valence-electron chi connectivity index (χ1n) is 7.42. The largest absolute Gasteiger partial charge is 0.377 e. The van der Waals surface area contributed by atoms with Crippen LogP contribution in [0.5, 0.6) is 0 Å². The van der Waals surface area contributed by atoms with E-state index in [1.54, 1.807) is 11.3 Å². The Bertz CT molecular complexity index is 461. The highest BCUT2D eigenvalue weighted by molar-refractivity contribution is 7.10. The fourth-order valence-corrected chi connectivity index (χ4v) is 3.37. The van der Waals surface area contributed by atoms with Gasteiger partial charge < -0.3 is 10.5 Å². The molecule has 2 N–H and O–H groups in total. The van der Waals surface area contributed by atoms with Crippen LogP contribution in [-0.2, 0) is 11.3 Å². The molecule has 0 aliphatic carbocycles. The summed E-state index contributed by atoms with van der Waals surface area (Å²) in [4.78, 5) is 3.84. The van der Waals surface area contributed by atoms with E-state index in [-0.39, 0.29) is 0 Å². The van der Waals surface area contributed by atoms with E-state index in [9.17, 15) is 0 Å². The van der Waals surface area contributed by atoms with E-state index < -0.39 is 0 Å². The van der Waals surface area contributed by atoms with Crippen LogP contribution in [0.2, 0.25) is 0 Å². The van der Waals surface area contributed by atoms with Gasteiger partial charge in [0.25, 0.3) is 0 Å². The van der Waals surface area contributed by atoms with Gasteiger partial charge in [-0.05, 0) is 37.3 Å². The molecule has 0 bridgehead atoms. The van der Waals surface area contributed by atoms with E-state index in [1.165, 1.54) is 17.7 Å². The predicted molar refractivity (Wildman–Crippen MR) is 84.8 cm³/mol. The molecule has 0 radical (unpaired) electrons. The van der Waals surface area contributed by atoms with Gasteiger partial charge in [0.1, 0.15) is 0 Å². The summed E-state index contributed by atoms with van der Waals surface area (Å²) >= 11 is 1.79. The van der Waals surface area contributed by atoms with Crippen LogP contribution < -0.4 is 5.73 Å². The highest BCUT2D eigenvalue weighted by Gasteiger charge is 2.21. The van der Waals surface area contributed by atoms with Gasteiger partial charge in [0.15, 0.2) is 0 Å². The zero-order chi connectivity index (χ0) is 14.2. The summed E-state index contributed by atoms with van der Waals surface area (Å²) < 4.78 is 5.89. The van der Waals surface area contributed by atoms with Gasteiger partial charge in [-0.3, -0.25) is 4.90 Å². The lowest BCUT2D eigenvalue weighted by molar-refractivity contribution is -0.00199. The maximum atomic E-state index is 5.89. The molecule has 2 heterocycles. The standard InChI is InChI=1S/C16H24N2OS/c1-2-10-19-15-6-4-9-18(12-15)13-16-14(5-3-8-17)7-11-20-16/h7,11,15H,2,4,6,8-10,12-13,17H2,1H3. The van der Waals surface area contributed by atoms with Gasteiger partial charge in [0.05, 0.1) is 12.6 Å². The highest BCUT2D eigenvalue weighted by atomic mass is 32.1. The van der Waals surface area contributed by atoms with E-state index in [4.69, 9.17) is 10.5 Å². The molecule has 20 heavy (non-hydrogen) atoms. The number of hydrogen-bond acceptors (Lipinski definition) is 4. The number of nitrogens with zero attached hydrogens (tertiary/aromatic N) is 1. The Balaban J connectivity index is 1.91. The summed E-state index contributed by atoms with van der Waals surface area (Å²) in [6.07, 6.45) is 3.92. The van der Waals surface area contributed by atoms with Crippen molar-refractivity contribution in [2.75, 3.05) is 26.2 Å². The van der Waals surface area contributed by atoms with Gasteiger partial charge in [-0.2, -0.15) is 0 Å². The quantitative estimate of drug-likeness (QED) is 0.847. The van der Waals surface area contributed by atoms with Crippen molar-refractivity contribution in [1.82, 2.24) is 4.90 Å². The number of ether oxygens (including phenoxy) is 1. The van der Waals surface area contributed by atoms with Gasteiger partial charge in [0.2, 0.25) is 0 Å². The Labute approximate surface area is 126 Å². The molecule has 0 spiro atoms. The molecule has 1 unspecified atom stereocenters. The minimum Gasteiger partial charge on any atom is -0.377 e. The Morgan fingerprint density at radius 3 is 3.25 bits per heavy atom. The van der Waals surface area contributed by atoms with Crippen LogP contribution >= 0.6 is 11.3 Å². The Morgan fingerprint density at radius 2 is 2.45 bits per heavy atom. The Morgan fingerprint density at radius 1 is 1.55 bits per heavy atom. The molecule has 1 aliphatic heterocycles. The van der Waals surface area contributed by atoms with Crippen molar-refractivity contribution in [3.8, 4) is 11.8 Å². The summed E-state index contributed by atoms with van der Waals surface area (Å²) in [5.74, 6) is 6.11. The van der Waals surface area contributed by atoms with Crippen molar-refractivity contribution in [2.24, 2.45) is 5.73 Å². The molecule has 1 aromatic rings. The van der Waals surface area contributed by atoms with Crippen LogP contribution in [0.1, 0.15) is 36.6 Å². The normalized spacial score (nSPS) is 19.6. The number of rotatable bonds is 5. The summed E-state index contributed by atoms with van der Waals surface area (Å²) in [5.41, 5.74) is 6.58. The first-order chi connectivity index (χ1) is 9.83. The number of likely N-dealkylation sites (tertiary alicyclic amines) is 1. The van der Waals surface area contributed by atoms with Gasteiger partial charge >= 0.3 is 0 Å². The molecular formula is C16H24N2OS. The third-order valence-electron chi connectivity index (χ3n) is 3.46. The van der Waals surface area contributed by atoms with Crippen molar-refractivity contribution in [3.63, 3.8) is 0 Å². The summed E-state index contributed by atoms with van der Waals surface area (Å²) in [7, 11) is 0. The molecule has 0 amide bonds. The molecule has 1 fully saturated rings. The van der Waals surface area contributed by atoms with Crippen LogP contribution in [0.4, 0.5) is 0 Å². The van der Waals surface area contributed by atoms with E-state index in [2.05, 4.69) is 35.1 Å². The smallest absolute Gasteiger partial charge is 0.0702 e. The number of piperidine rings is 1. The zero-order valence-electron chi connectivity index (χ0n) is 12.2. The third kappa shape index (κ3) is 4.60. The zero-order valence-corrected chi connectivity index (χ0v) is 13.0. The Kier molecular flexibility index (Phi) is 6.55. The van der Waals surface area contributed by atoms with Crippen LogP contribution in [0, 0.1) is 11.8 Å². The van der Waals surface area contributed by atoms with Gasteiger partial charge in [0, 0.05) is 30.1 Å².